The van der Waals surface area contributed by atoms with E-state index < -0.39 is 36.6 Å². The average molecular weight is 455 g/mol. The summed E-state index contributed by atoms with van der Waals surface area (Å²) in [6.07, 6.45) is -2.93. The Morgan fingerprint density at radius 2 is 1.79 bits per heavy atom. The predicted molar refractivity (Wildman–Crippen MR) is 110 cm³/mol. The van der Waals surface area contributed by atoms with Crippen LogP contribution in [0.5, 0.6) is 0 Å². The lowest BCUT2D eigenvalue weighted by molar-refractivity contribution is -0.123. The maximum Gasteiger partial charge on any atom is 0.337 e. The molecular weight excluding hydrogens is 441 g/mol. The van der Waals surface area contributed by atoms with Gasteiger partial charge < -0.3 is 5.11 Å². The summed E-state index contributed by atoms with van der Waals surface area (Å²) in [6.45, 7) is 0. The molecule has 3 nitrogen and oxygen atoms in total. The molecule has 0 aliphatic rings. The van der Waals surface area contributed by atoms with E-state index >= 15 is 0 Å². The second-order valence-corrected chi connectivity index (χ2v) is 8.08. The Labute approximate surface area is 179 Å². The molecule has 0 saturated heterocycles. The second kappa shape index (κ2) is 9.03. The number of thiophene rings is 1. The Balaban J connectivity index is 1.83. The lowest BCUT2D eigenvalue weighted by atomic mass is 9.99. The SMILES string of the molecule is O=C(O)c1c(-c2ccc(Cl)cc2)csc1CC(=O)C(F)Cc1c(F)cccc1Cl. The van der Waals surface area contributed by atoms with E-state index in [0.717, 1.165) is 17.4 Å². The van der Waals surface area contributed by atoms with E-state index in [1.165, 1.54) is 12.1 Å². The number of rotatable bonds is 7. The molecule has 0 saturated carbocycles. The number of Topliss-reactive ketones (excluding diaryl/α,β-unsaturated/α-hetero) is 1. The van der Waals surface area contributed by atoms with Crippen molar-refractivity contribution >= 4 is 46.3 Å². The molecule has 1 atom stereocenters. The van der Waals surface area contributed by atoms with Crippen LogP contribution in [-0.2, 0) is 17.6 Å². The minimum atomic E-state index is -2.01. The third-order valence-electron chi connectivity index (χ3n) is 4.37. The van der Waals surface area contributed by atoms with Gasteiger partial charge >= 0.3 is 5.97 Å². The van der Waals surface area contributed by atoms with Crippen LogP contribution in [0.25, 0.3) is 11.1 Å². The van der Waals surface area contributed by atoms with Gasteiger partial charge in [0.05, 0.1) is 5.56 Å². The van der Waals surface area contributed by atoms with Gasteiger partial charge in [-0.05, 0) is 35.2 Å². The van der Waals surface area contributed by atoms with E-state index in [1.54, 1.807) is 29.6 Å². The summed E-state index contributed by atoms with van der Waals surface area (Å²) in [5.74, 6) is -2.75. The molecule has 0 aliphatic carbocycles. The van der Waals surface area contributed by atoms with Crippen molar-refractivity contribution in [2.75, 3.05) is 0 Å². The van der Waals surface area contributed by atoms with Crippen LogP contribution in [0, 0.1) is 5.82 Å². The Morgan fingerprint density at radius 3 is 2.41 bits per heavy atom. The van der Waals surface area contributed by atoms with E-state index in [2.05, 4.69) is 0 Å². The minimum Gasteiger partial charge on any atom is -0.478 e. The fourth-order valence-corrected chi connectivity index (χ4v) is 4.31. The number of hydrogen-bond acceptors (Lipinski definition) is 3. The highest BCUT2D eigenvalue weighted by Gasteiger charge is 2.26. The van der Waals surface area contributed by atoms with Crippen molar-refractivity contribution in [3.63, 3.8) is 0 Å². The monoisotopic (exact) mass is 454 g/mol. The summed E-state index contributed by atoms with van der Waals surface area (Å²) in [6, 6.07) is 10.5. The lowest BCUT2D eigenvalue weighted by Crippen LogP contribution is -2.21. The molecule has 8 heteroatoms. The Hall–Kier alpha value is -2.28. The molecule has 1 aromatic heterocycles. The summed E-state index contributed by atoms with van der Waals surface area (Å²) in [4.78, 5) is 24.4. The van der Waals surface area contributed by atoms with Gasteiger partial charge in [0.1, 0.15) is 5.82 Å². The molecule has 0 radical (unpaired) electrons. The van der Waals surface area contributed by atoms with Crippen LogP contribution in [0.2, 0.25) is 10.0 Å². The number of halogens is 4. The van der Waals surface area contributed by atoms with Gasteiger partial charge in [-0.1, -0.05) is 41.4 Å². The predicted octanol–water partition coefficient (Wildman–Crippen LogP) is 6.25. The smallest absolute Gasteiger partial charge is 0.337 e. The molecule has 0 fully saturated rings. The zero-order valence-corrected chi connectivity index (χ0v) is 17.1. The molecular formula is C21H14Cl2F2O3S. The van der Waals surface area contributed by atoms with Crippen LogP contribution < -0.4 is 0 Å². The van der Waals surface area contributed by atoms with Gasteiger partial charge in [-0.15, -0.1) is 11.3 Å². The van der Waals surface area contributed by atoms with Crippen molar-refractivity contribution < 1.29 is 23.5 Å². The van der Waals surface area contributed by atoms with Crippen molar-refractivity contribution in [2.45, 2.75) is 19.0 Å². The molecule has 29 heavy (non-hydrogen) atoms. The molecule has 0 bridgehead atoms. The first-order valence-electron chi connectivity index (χ1n) is 8.47. The van der Waals surface area contributed by atoms with E-state index in [9.17, 15) is 23.5 Å². The van der Waals surface area contributed by atoms with E-state index in [-0.39, 0.29) is 21.0 Å². The zero-order valence-electron chi connectivity index (χ0n) is 14.8. The van der Waals surface area contributed by atoms with Crippen molar-refractivity contribution in [1.82, 2.24) is 0 Å². The molecule has 1 unspecified atom stereocenters. The zero-order chi connectivity index (χ0) is 21.1. The van der Waals surface area contributed by atoms with Crippen LogP contribution in [0.15, 0.2) is 47.8 Å². The Morgan fingerprint density at radius 1 is 1.10 bits per heavy atom. The third-order valence-corrected chi connectivity index (χ3v) is 5.96. The van der Waals surface area contributed by atoms with Gasteiger partial charge in [0, 0.05) is 38.9 Å². The molecule has 0 amide bonds. The highest BCUT2D eigenvalue weighted by molar-refractivity contribution is 7.11. The van der Waals surface area contributed by atoms with Crippen molar-refractivity contribution in [3.05, 3.63) is 79.7 Å². The number of hydrogen-bond donors (Lipinski definition) is 1. The Kier molecular flexibility index (Phi) is 6.67. The minimum absolute atomic E-state index is 0.0350. The quantitative estimate of drug-likeness (QED) is 0.458. The highest BCUT2D eigenvalue weighted by Crippen LogP contribution is 2.33. The van der Waals surface area contributed by atoms with Gasteiger partial charge in [-0.3, -0.25) is 4.79 Å². The summed E-state index contributed by atoms with van der Waals surface area (Å²) < 4.78 is 28.3. The van der Waals surface area contributed by atoms with Crippen molar-refractivity contribution in [2.24, 2.45) is 0 Å². The number of alkyl halides is 1. The molecule has 3 rings (SSSR count). The number of ketones is 1. The second-order valence-electron chi connectivity index (χ2n) is 6.27. The number of carboxylic acid groups (broad SMARTS) is 1. The largest absolute Gasteiger partial charge is 0.478 e. The normalized spacial score (nSPS) is 12.0. The first kappa shape index (κ1) is 21.4. The lowest BCUT2D eigenvalue weighted by Gasteiger charge is -2.10. The molecule has 0 spiro atoms. The average Bonchev–Trinajstić information content (AvgIpc) is 3.09. The molecule has 3 aromatic rings. The van der Waals surface area contributed by atoms with Crippen LogP contribution >= 0.6 is 34.5 Å². The van der Waals surface area contributed by atoms with Crippen LogP contribution in [-0.4, -0.2) is 23.0 Å². The number of carbonyl (C=O) groups is 2. The molecule has 2 aromatic carbocycles. The highest BCUT2D eigenvalue weighted by atomic mass is 35.5. The fourth-order valence-electron chi connectivity index (χ4n) is 2.89. The Bertz CT molecular complexity index is 1040. The van der Waals surface area contributed by atoms with E-state index in [4.69, 9.17) is 23.2 Å². The summed E-state index contributed by atoms with van der Waals surface area (Å²) in [5, 5.41) is 11.8. The topological polar surface area (TPSA) is 54.4 Å². The first-order valence-corrected chi connectivity index (χ1v) is 10.1. The molecule has 1 heterocycles. The van der Waals surface area contributed by atoms with Gasteiger partial charge in [0.25, 0.3) is 0 Å². The fraction of sp³-hybridized carbons (Fsp3) is 0.143. The summed E-state index contributed by atoms with van der Waals surface area (Å²) in [5.41, 5.74) is 0.912. The van der Waals surface area contributed by atoms with E-state index in [0.29, 0.717) is 16.1 Å². The molecule has 0 aliphatic heterocycles. The maximum atomic E-state index is 14.5. The maximum absolute atomic E-state index is 14.5. The molecule has 1 N–H and O–H groups in total. The number of benzene rings is 2. The molecule has 150 valence electrons. The van der Waals surface area contributed by atoms with Crippen LogP contribution in [0.4, 0.5) is 8.78 Å². The van der Waals surface area contributed by atoms with Crippen molar-refractivity contribution in [3.8, 4) is 11.1 Å². The van der Waals surface area contributed by atoms with Gasteiger partial charge in [-0.25, -0.2) is 13.6 Å². The standard InChI is InChI=1S/C21H14Cl2F2O3S/c22-12-6-4-11(5-7-12)14-10-29-19(20(14)21(27)28)9-18(26)17(25)8-13-15(23)2-1-3-16(13)24/h1-7,10,17H,8-9H2,(H,27,28). The number of carboxylic acids is 1. The van der Waals surface area contributed by atoms with Crippen LogP contribution in [0.1, 0.15) is 20.8 Å². The summed E-state index contributed by atoms with van der Waals surface area (Å²) >= 11 is 12.8. The number of aromatic carboxylic acids is 1. The van der Waals surface area contributed by atoms with Gasteiger partial charge in [0.2, 0.25) is 0 Å². The van der Waals surface area contributed by atoms with Crippen LogP contribution in [0.3, 0.4) is 0 Å². The number of carbonyl (C=O) groups excluding carboxylic acids is 1. The first-order chi connectivity index (χ1) is 13.8. The third kappa shape index (κ3) is 4.83. The van der Waals surface area contributed by atoms with Gasteiger partial charge in [-0.2, -0.15) is 0 Å². The van der Waals surface area contributed by atoms with E-state index in [1.807, 2.05) is 0 Å². The summed E-state index contributed by atoms with van der Waals surface area (Å²) in [7, 11) is 0. The van der Waals surface area contributed by atoms with Gasteiger partial charge in [0.15, 0.2) is 12.0 Å². The van der Waals surface area contributed by atoms with Crippen molar-refractivity contribution in [1.29, 1.82) is 0 Å².